The van der Waals surface area contributed by atoms with Crippen molar-refractivity contribution in [3.05, 3.63) is 117 Å². The van der Waals surface area contributed by atoms with Gasteiger partial charge in [-0.2, -0.15) is 0 Å². The van der Waals surface area contributed by atoms with Gasteiger partial charge in [-0.05, 0) is 59.9 Å². The number of aliphatic hydroxyl groups excluding tert-OH is 1. The minimum atomic E-state index is -1.16. The van der Waals surface area contributed by atoms with Crippen LogP contribution in [0.5, 0.6) is 0 Å². The third-order valence-corrected chi connectivity index (χ3v) is 6.29. The molecule has 1 amide bonds. The van der Waals surface area contributed by atoms with Crippen LogP contribution in [0.1, 0.15) is 34.0 Å². The third kappa shape index (κ3) is 6.87. The number of fused-ring (bicyclic) bond motifs is 1. The third-order valence-electron chi connectivity index (χ3n) is 6.29. The Morgan fingerprint density at radius 1 is 0.921 bits per heavy atom. The van der Waals surface area contributed by atoms with Gasteiger partial charge in [0.15, 0.2) is 0 Å². The Bertz CT molecular complexity index is 1490. The van der Waals surface area contributed by atoms with E-state index in [1.54, 1.807) is 0 Å². The maximum Gasteiger partial charge on any atom is 0.252 e. The summed E-state index contributed by atoms with van der Waals surface area (Å²) >= 11 is 0. The molecule has 4 rings (SSSR count). The zero-order valence-electron chi connectivity index (χ0n) is 20.7. The van der Waals surface area contributed by atoms with Crippen molar-refractivity contribution in [3.63, 3.8) is 0 Å². The zero-order chi connectivity index (χ0) is 27.2. The summed E-state index contributed by atoms with van der Waals surface area (Å²) < 4.78 is 41.6. The van der Waals surface area contributed by atoms with Gasteiger partial charge in [0.2, 0.25) is 5.56 Å². The van der Waals surface area contributed by atoms with Gasteiger partial charge in [-0.1, -0.05) is 31.2 Å². The number of aliphatic hydroxyl groups is 1. The Labute approximate surface area is 217 Å². The van der Waals surface area contributed by atoms with Gasteiger partial charge in [0.05, 0.1) is 17.7 Å². The summed E-state index contributed by atoms with van der Waals surface area (Å²) in [6.45, 7) is 2.57. The number of pyridine rings is 1. The van der Waals surface area contributed by atoms with Gasteiger partial charge in [0.1, 0.15) is 17.5 Å². The molecule has 0 aliphatic rings. The van der Waals surface area contributed by atoms with Crippen LogP contribution in [0.3, 0.4) is 0 Å². The van der Waals surface area contributed by atoms with Crippen molar-refractivity contribution in [2.24, 2.45) is 0 Å². The van der Waals surface area contributed by atoms with Crippen molar-refractivity contribution < 1.29 is 23.1 Å². The second-order valence-corrected chi connectivity index (χ2v) is 9.17. The van der Waals surface area contributed by atoms with Crippen LogP contribution in [0.15, 0.2) is 71.5 Å². The van der Waals surface area contributed by atoms with Crippen LogP contribution < -0.4 is 16.2 Å². The van der Waals surface area contributed by atoms with Crippen LogP contribution in [0.25, 0.3) is 10.9 Å². The minimum Gasteiger partial charge on any atom is -0.390 e. The fourth-order valence-electron chi connectivity index (χ4n) is 4.39. The Hall–Kier alpha value is -3.95. The predicted molar refractivity (Wildman–Crippen MR) is 139 cm³/mol. The van der Waals surface area contributed by atoms with Gasteiger partial charge in [-0.3, -0.25) is 9.59 Å². The number of aryl methyl sites for hydroxylation is 1. The zero-order valence-corrected chi connectivity index (χ0v) is 20.7. The molecular weight excluding hydrogens is 495 g/mol. The highest BCUT2D eigenvalue weighted by Crippen LogP contribution is 2.18. The van der Waals surface area contributed by atoms with Crippen LogP contribution in [0.2, 0.25) is 0 Å². The lowest BCUT2D eigenvalue weighted by Crippen LogP contribution is -2.48. The first-order chi connectivity index (χ1) is 18.2. The van der Waals surface area contributed by atoms with Crippen LogP contribution in [0, 0.1) is 17.5 Å². The van der Waals surface area contributed by atoms with Crippen molar-refractivity contribution in [2.75, 3.05) is 6.54 Å². The first-order valence-corrected chi connectivity index (χ1v) is 12.3. The number of aromatic amines is 1. The monoisotopic (exact) mass is 523 g/mol. The number of aromatic nitrogens is 1. The molecule has 0 unspecified atom stereocenters. The molecule has 0 radical (unpaired) electrons. The molecular formula is C29H28F3N3O3. The van der Waals surface area contributed by atoms with Crippen molar-refractivity contribution in [1.82, 2.24) is 15.6 Å². The van der Waals surface area contributed by atoms with Crippen molar-refractivity contribution in [2.45, 2.75) is 38.5 Å². The van der Waals surface area contributed by atoms with E-state index in [2.05, 4.69) is 22.5 Å². The highest BCUT2D eigenvalue weighted by Gasteiger charge is 2.24. The molecule has 6 nitrogen and oxygen atoms in total. The molecule has 38 heavy (non-hydrogen) atoms. The Morgan fingerprint density at radius 3 is 2.39 bits per heavy atom. The molecule has 0 aliphatic carbocycles. The summed E-state index contributed by atoms with van der Waals surface area (Å²) in [5.41, 5.74) is 2.03. The summed E-state index contributed by atoms with van der Waals surface area (Å²) in [6, 6.07) is 14.6. The van der Waals surface area contributed by atoms with Crippen LogP contribution in [0.4, 0.5) is 13.2 Å². The van der Waals surface area contributed by atoms with E-state index in [1.165, 1.54) is 11.6 Å². The molecule has 4 N–H and O–H groups in total. The first-order valence-electron chi connectivity index (χ1n) is 12.3. The van der Waals surface area contributed by atoms with E-state index in [4.69, 9.17) is 0 Å². The fraction of sp³-hybridized carbons (Fsp3) is 0.241. The SMILES string of the molecule is CCc1cccc(CNC[C@@H](O)[C@H](Cc2cc(F)cc(F)c2)NC(=O)c2cc(=O)[nH]c3ccc(F)cc23)c1. The molecule has 0 aliphatic heterocycles. The van der Waals surface area contributed by atoms with Gasteiger partial charge in [-0.15, -0.1) is 0 Å². The van der Waals surface area contributed by atoms with E-state index in [1.807, 2.05) is 24.3 Å². The average molecular weight is 524 g/mol. The normalized spacial score (nSPS) is 12.9. The van der Waals surface area contributed by atoms with Crippen LogP contribution in [-0.4, -0.2) is 34.7 Å². The smallest absolute Gasteiger partial charge is 0.252 e. The molecule has 1 heterocycles. The molecule has 0 fully saturated rings. The van der Waals surface area contributed by atoms with Crippen molar-refractivity contribution >= 4 is 16.8 Å². The Balaban J connectivity index is 1.56. The largest absolute Gasteiger partial charge is 0.390 e. The summed E-state index contributed by atoms with van der Waals surface area (Å²) in [6.07, 6.45) is -0.371. The molecule has 2 atom stereocenters. The highest BCUT2D eigenvalue weighted by molar-refractivity contribution is 6.06. The summed E-state index contributed by atoms with van der Waals surface area (Å²) in [7, 11) is 0. The Morgan fingerprint density at radius 2 is 1.66 bits per heavy atom. The number of halogens is 3. The van der Waals surface area contributed by atoms with E-state index in [0.29, 0.717) is 6.54 Å². The highest BCUT2D eigenvalue weighted by atomic mass is 19.1. The van der Waals surface area contributed by atoms with Crippen molar-refractivity contribution in [3.8, 4) is 0 Å². The quantitative estimate of drug-likeness (QED) is 0.253. The maximum atomic E-state index is 13.9. The van der Waals surface area contributed by atoms with E-state index >= 15 is 0 Å². The summed E-state index contributed by atoms with van der Waals surface area (Å²) in [5, 5.41) is 17.0. The first kappa shape index (κ1) is 27.1. The molecule has 0 spiro atoms. The van der Waals surface area contributed by atoms with Crippen LogP contribution in [-0.2, 0) is 19.4 Å². The summed E-state index contributed by atoms with van der Waals surface area (Å²) in [5.74, 6) is -2.90. The Kier molecular flexibility index (Phi) is 8.60. The van der Waals surface area contributed by atoms with Crippen LogP contribution >= 0.6 is 0 Å². The van der Waals surface area contributed by atoms with E-state index in [0.717, 1.165) is 48.4 Å². The second-order valence-electron chi connectivity index (χ2n) is 9.17. The molecule has 4 aromatic rings. The van der Waals surface area contributed by atoms with E-state index in [9.17, 15) is 27.9 Å². The number of carbonyl (C=O) groups is 1. The number of H-pyrrole nitrogens is 1. The van der Waals surface area contributed by atoms with Gasteiger partial charge < -0.3 is 20.7 Å². The number of hydrogen-bond acceptors (Lipinski definition) is 4. The maximum absolute atomic E-state index is 13.9. The predicted octanol–water partition coefficient (Wildman–Crippen LogP) is 4.00. The lowest BCUT2D eigenvalue weighted by molar-refractivity contribution is 0.0831. The van der Waals surface area contributed by atoms with Gasteiger partial charge >= 0.3 is 0 Å². The molecule has 1 aromatic heterocycles. The average Bonchev–Trinajstić information content (AvgIpc) is 2.87. The topological polar surface area (TPSA) is 94.2 Å². The molecule has 0 saturated carbocycles. The standard InChI is InChI=1S/C29H28F3N3O3/c1-2-17-4-3-5-18(8-17)15-33-16-27(36)26(11-19-9-21(31)12-22(32)10-19)35-29(38)24-14-28(37)34-25-7-6-20(30)13-23(24)25/h3-10,12-14,26-27,33,36H,2,11,15-16H2,1H3,(H,34,37)(H,35,38)/t26-,27+/m0/s1. The lowest BCUT2D eigenvalue weighted by atomic mass is 9.99. The van der Waals surface area contributed by atoms with Gasteiger partial charge in [0.25, 0.3) is 5.91 Å². The second kappa shape index (κ2) is 12.1. The van der Waals surface area contributed by atoms with Gasteiger partial charge in [0, 0.05) is 36.1 Å². The summed E-state index contributed by atoms with van der Waals surface area (Å²) in [4.78, 5) is 27.9. The van der Waals surface area contributed by atoms with E-state index < -0.39 is 41.1 Å². The number of hydrogen-bond donors (Lipinski definition) is 4. The number of nitrogens with one attached hydrogen (secondary N) is 3. The minimum absolute atomic E-state index is 0.0594. The fourth-order valence-corrected chi connectivity index (χ4v) is 4.39. The molecule has 9 heteroatoms. The molecule has 0 saturated heterocycles. The molecule has 0 bridgehead atoms. The lowest BCUT2D eigenvalue weighted by Gasteiger charge is -2.25. The van der Waals surface area contributed by atoms with Gasteiger partial charge in [-0.25, -0.2) is 13.2 Å². The van der Waals surface area contributed by atoms with Crippen molar-refractivity contribution in [1.29, 1.82) is 0 Å². The molecule has 198 valence electrons. The number of benzene rings is 3. The number of rotatable bonds is 10. The number of carbonyl (C=O) groups excluding carboxylic acids is 1. The van der Waals surface area contributed by atoms with E-state index in [-0.39, 0.29) is 35.0 Å². The number of amides is 1. The molecule has 3 aromatic carbocycles.